The number of pyridine rings is 1. The Morgan fingerprint density at radius 3 is 2.55 bits per heavy atom. The fourth-order valence-electron chi connectivity index (χ4n) is 3.61. The topological polar surface area (TPSA) is 112 Å². The van der Waals surface area contributed by atoms with Crippen LogP contribution in [0.3, 0.4) is 0 Å². The molecule has 4 rings (SSSR count). The van der Waals surface area contributed by atoms with Crippen LogP contribution in [-0.4, -0.2) is 14.1 Å². The minimum atomic E-state index is -0.598. The molecule has 4 N–H and O–H groups in total. The molecule has 4 aromatic rings. The molecule has 0 aliphatic heterocycles. The molecule has 2 heterocycles. The molecule has 0 bridgehead atoms. The summed E-state index contributed by atoms with van der Waals surface area (Å²) in [6.07, 6.45) is 8.64. The third-order valence-electron chi connectivity index (χ3n) is 5.15. The molecule has 0 unspecified atom stereocenters. The van der Waals surface area contributed by atoms with Crippen molar-refractivity contribution in [2.75, 3.05) is 10.7 Å². The van der Waals surface area contributed by atoms with Crippen LogP contribution >= 0.6 is 0 Å². The number of hydrazine groups is 1. The molecule has 2 aromatic heterocycles. The molecule has 0 spiro atoms. The lowest BCUT2D eigenvalue weighted by Crippen LogP contribution is -2.44. The molecule has 0 amide bonds. The first-order valence-corrected chi connectivity index (χ1v) is 9.48. The van der Waals surface area contributed by atoms with Gasteiger partial charge in [0.15, 0.2) is 0 Å². The smallest absolute Gasteiger partial charge is 0.336 e. The highest BCUT2D eigenvalue weighted by molar-refractivity contribution is 5.89. The number of fused-ring (bicyclic) bond motifs is 1. The summed E-state index contributed by atoms with van der Waals surface area (Å²) in [6.45, 7) is 1.59. The van der Waals surface area contributed by atoms with Crippen LogP contribution in [0.25, 0.3) is 16.5 Å². The zero-order valence-corrected chi connectivity index (χ0v) is 16.8. The van der Waals surface area contributed by atoms with E-state index < -0.39 is 11.2 Å². The van der Waals surface area contributed by atoms with Gasteiger partial charge in [0.25, 0.3) is 5.56 Å². The van der Waals surface area contributed by atoms with E-state index in [0.717, 1.165) is 9.95 Å². The van der Waals surface area contributed by atoms with Crippen LogP contribution in [0.1, 0.15) is 5.69 Å². The van der Waals surface area contributed by atoms with Gasteiger partial charge in [0.1, 0.15) is 5.69 Å². The number of nitrogens with zero attached hydrogens (tertiary/aromatic N) is 4. The molecule has 2 aromatic carbocycles. The minimum Gasteiger partial charge on any atom is -0.397 e. The van der Waals surface area contributed by atoms with Gasteiger partial charge in [-0.1, -0.05) is 42.3 Å². The van der Waals surface area contributed by atoms with Crippen molar-refractivity contribution in [3.05, 3.63) is 87.5 Å². The number of anilines is 3. The second-order valence-electron chi connectivity index (χ2n) is 6.96. The maximum atomic E-state index is 13.6. The lowest BCUT2D eigenvalue weighted by atomic mass is 10.1. The number of aromatic nitrogens is 3. The van der Waals surface area contributed by atoms with Gasteiger partial charge >= 0.3 is 5.69 Å². The molecule has 0 saturated heterocycles. The monoisotopic (exact) mass is 412 g/mol. The average molecular weight is 412 g/mol. The number of hydrogen-bond acceptors (Lipinski definition) is 6. The second-order valence-corrected chi connectivity index (χ2v) is 6.96. The summed E-state index contributed by atoms with van der Waals surface area (Å²) in [7, 11) is 0. The second kappa shape index (κ2) is 7.82. The van der Waals surface area contributed by atoms with E-state index in [2.05, 4.69) is 10.9 Å². The zero-order chi connectivity index (χ0) is 22.1. The number of terminal acetylenes is 1. The van der Waals surface area contributed by atoms with E-state index >= 15 is 0 Å². The van der Waals surface area contributed by atoms with E-state index in [1.807, 2.05) is 24.3 Å². The van der Waals surface area contributed by atoms with Crippen molar-refractivity contribution in [1.29, 1.82) is 0 Å². The number of nitrogen functional groups attached to an aromatic ring is 1. The summed E-state index contributed by atoms with van der Waals surface area (Å²) < 4.78 is 2.38. The summed E-state index contributed by atoms with van der Waals surface area (Å²) in [6, 6.07) is 14.2. The number of para-hydroxylation sites is 2. The molecule has 0 aliphatic carbocycles. The van der Waals surface area contributed by atoms with Crippen LogP contribution in [0.4, 0.5) is 17.1 Å². The Balaban J connectivity index is 2.10. The van der Waals surface area contributed by atoms with E-state index in [9.17, 15) is 9.59 Å². The van der Waals surface area contributed by atoms with Gasteiger partial charge in [0.05, 0.1) is 35.5 Å². The van der Waals surface area contributed by atoms with E-state index in [4.69, 9.17) is 18.0 Å². The van der Waals surface area contributed by atoms with Gasteiger partial charge in [-0.25, -0.2) is 15.2 Å². The van der Waals surface area contributed by atoms with Crippen LogP contribution in [0.5, 0.6) is 0 Å². The first-order valence-electron chi connectivity index (χ1n) is 9.48. The van der Waals surface area contributed by atoms with Crippen LogP contribution in [0.2, 0.25) is 0 Å². The lowest BCUT2D eigenvalue weighted by Gasteiger charge is -2.24. The fourth-order valence-corrected chi connectivity index (χ4v) is 3.61. The maximum absolute atomic E-state index is 13.6. The van der Waals surface area contributed by atoms with Crippen molar-refractivity contribution in [3.63, 3.8) is 0 Å². The van der Waals surface area contributed by atoms with Gasteiger partial charge in [-0.2, -0.15) is 0 Å². The fraction of sp³-hybridized carbons (Fsp3) is 0.0870. The molecule has 31 heavy (non-hydrogen) atoms. The summed E-state index contributed by atoms with van der Waals surface area (Å²) in [4.78, 5) is 31.2. The van der Waals surface area contributed by atoms with Gasteiger partial charge in [0, 0.05) is 17.0 Å². The van der Waals surface area contributed by atoms with E-state index in [0.29, 0.717) is 28.1 Å². The highest BCUT2D eigenvalue weighted by Crippen LogP contribution is 2.27. The largest absolute Gasteiger partial charge is 0.397 e. The highest BCUT2D eigenvalue weighted by Gasteiger charge is 2.23. The number of hydrogen-bond donors (Lipinski definition) is 2. The summed E-state index contributed by atoms with van der Waals surface area (Å²) in [5, 5.41) is 2.67. The molecule has 8 nitrogen and oxygen atoms in total. The standard InChI is InChI=1S/C23H20N6O2/c1-3-12-27-15(2)21(29(25)19-11-7-6-10-18(19)24)22(30)28(23(27)31)20-14-26-13-16-8-4-5-9-17(16)20/h1,4-11,13-14H,12,24-25H2,2H3. The first-order chi connectivity index (χ1) is 15.0. The van der Waals surface area contributed by atoms with Crippen molar-refractivity contribution in [1.82, 2.24) is 14.1 Å². The maximum Gasteiger partial charge on any atom is 0.336 e. The third kappa shape index (κ3) is 3.23. The van der Waals surface area contributed by atoms with Crippen LogP contribution in [0, 0.1) is 19.3 Å². The Kier molecular flexibility index (Phi) is 5.03. The number of rotatable bonds is 4. The van der Waals surface area contributed by atoms with E-state index in [-0.39, 0.29) is 12.2 Å². The molecule has 0 aliphatic rings. The summed E-state index contributed by atoms with van der Waals surface area (Å²) >= 11 is 0. The summed E-state index contributed by atoms with van der Waals surface area (Å²) in [5.74, 6) is 8.82. The number of nitrogens with two attached hydrogens (primary N) is 2. The first kappa shape index (κ1) is 19.9. The SMILES string of the molecule is C#CCn1c(C)c(N(N)c2ccccc2N)c(=O)n(-c2cncc3ccccc23)c1=O. The Labute approximate surface area is 177 Å². The van der Waals surface area contributed by atoms with Crippen molar-refractivity contribution in [3.8, 4) is 18.0 Å². The molecule has 8 heteroatoms. The van der Waals surface area contributed by atoms with Crippen molar-refractivity contribution in [2.45, 2.75) is 13.5 Å². The Morgan fingerprint density at radius 2 is 1.81 bits per heavy atom. The zero-order valence-electron chi connectivity index (χ0n) is 16.8. The molecular weight excluding hydrogens is 392 g/mol. The normalized spacial score (nSPS) is 10.7. The Bertz CT molecular complexity index is 1460. The molecule has 0 saturated carbocycles. The Morgan fingerprint density at radius 1 is 1.10 bits per heavy atom. The molecular formula is C23H20N6O2. The molecule has 154 valence electrons. The van der Waals surface area contributed by atoms with Crippen molar-refractivity contribution < 1.29 is 0 Å². The van der Waals surface area contributed by atoms with Crippen molar-refractivity contribution in [2.24, 2.45) is 5.84 Å². The number of benzene rings is 2. The quantitative estimate of drug-likeness (QED) is 0.230. The highest BCUT2D eigenvalue weighted by atomic mass is 16.2. The molecule has 0 radical (unpaired) electrons. The molecule has 0 fully saturated rings. The van der Waals surface area contributed by atoms with Gasteiger partial charge in [0.2, 0.25) is 0 Å². The van der Waals surface area contributed by atoms with E-state index in [1.165, 1.54) is 15.8 Å². The lowest BCUT2D eigenvalue weighted by molar-refractivity contribution is 0.677. The van der Waals surface area contributed by atoms with Crippen LogP contribution in [0.15, 0.2) is 70.5 Å². The van der Waals surface area contributed by atoms with Crippen LogP contribution in [-0.2, 0) is 6.54 Å². The Hall–Kier alpha value is -4.35. The minimum absolute atomic E-state index is 0.0335. The average Bonchev–Trinajstić information content (AvgIpc) is 2.77. The molecule has 0 atom stereocenters. The van der Waals surface area contributed by atoms with Crippen molar-refractivity contribution >= 4 is 27.8 Å². The van der Waals surface area contributed by atoms with Gasteiger partial charge in [-0.3, -0.25) is 19.4 Å². The predicted octanol–water partition coefficient (Wildman–Crippen LogP) is 2.08. The predicted molar refractivity (Wildman–Crippen MR) is 122 cm³/mol. The summed E-state index contributed by atoms with van der Waals surface area (Å²) in [5.41, 5.74) is 6.47. The van der Waals surface area contributed by atoms with Gasteiger partial charge < -0.3 is 5.73 Å². The van der Waals surface area contributed by atoms with Gasteiger partial charge in [-0.05, 0) is 19.1 Å². The van der Waals surface area contributed by atoms with Crippen LogP contribution < -0.4 is 27.8 Å². The van der Waals surface area contributed by atoms with Gasteiger partial charge in [-0.15, -0.1) is 6.42 Å². The third-order valence-corrected chi connectivity index (χ3v) is 5.15. The van der Waals surface area contributed by atoms with E-state index in [1.54, 1.807) is 37.4 Å².